The van der Waals surface area contributed by atoms with Gasteiger partial charge < -0.3 is 40.5 Å². The van der Waals surface area contributed by atoms with Crippen LogP contribution in [0.1, 0.15) is 101 Å². The lowest BCUT2D eigenvalue weighted by Crippen LogP contribution is -2.59. The number of nitrogens with zero attached hydrogens (tertiary/aromatic N) is 5. The third-order valence-corrected chi connectivity index (χ3v) is 13.4. The first-order valence-electron chi connectivity index (χ1n) is 22.2. The number of ether oxygens (including phenoxy) is 2. The number of carbonyl (C=O) groups excluding carboxylic acids is 5. The maximum Gasteiger partial charge on any atom is 0.273 e. The van der Waals surface area contributed by atoms with E-state index < -0.39 is 42.3 Å². The lowest BCUT2D eigenvalue weighted by atomic mass is 9.89. The number of nitrogens with two attached hydrogens (primary N) is 1. The number of carbonyl (C=O) groups is 5. The number of thiazole rings is 1. The molecular weight excluding hydrogens is 809 g/mol. The van der Waals surface area contributed by atoms with E-state index in [-0.39, 0.29) is 59.8 Å². The molecule has 2 heterocycles. The van der Waals surface area contributed by atoms with Gasteiger partial charge in [0.25, 0.3) is 5.91 Å². The normalized spacial score (nSPS) is 18.1. The monoisotopic (exact) mass is 885 g/mol. The van der Waals surface area contributed by atoms with Crippen LogP contribution >= 0.6 is 11.3 Å². The molecule has 0 radical (unpaired) electrons. The molecule has 0 aliphatic carbocycles. The minimum absolute atomic E-state index is 0.0100. The molecule has 0 bridgehead atoms. The van der Waals surface area contributed by atoms with Gasteiger partial charge in [-0.15, -0.1) is 11.3 Å². The number of nitrogens with one attached hydrogen (secondary N) is 2. The zero-order valence-corrected chi connectivity index (χ0v) is 40.4. The van der Waals surface area contributed by atoms with Gasteiger partial charge in [0.15, 0.2) is 0 Å². The highest BCUT2D eigenvalue weighted by atomic mass is 32.1. The average Bonchev–Trinajstić information content (AvgIpc) is 3.93. The zero-order chi connectivity index (χ0) is 46.4. The molecule has 0 spiro atoms. The van der Waals surface area contributed by atoms with Crippen molar-refractivity contribution in [3.63, 3.8) is 0 Å². The van der Waals surface area contributed by atoms with E-state index in [2.05, 4.69) is 15.6 Å². The molecule has 16 heteroatoms. The Hall–Kier alpha value is -3.96. The predicted octanol–water partition coefficient (Wildman–Crippen LogP) is 4.22. The van der Waals surface area contributed by atoms with Crippen LogP contribution in [0.4, 0.5) is 0 Å². The molecule has 1 fully saturated rings. The highest BCUT2D eigenvalue weighted by molar-refractivity contribution is 7.09. The Kier molecular flexibility index (Phi) is 20.9. The molecule has 9 atom stereocenters. The van der Waals surface area contributed by atoms with Crippen LogP contribution in [0.15, 0.2) is 35.7 Å². The van der Waals surface area contributed by atoms with Crippen LogP contribution in [0.3, 0.4) is 0 Å². The number of likely N-dealkylation sites (N-methyl/N-ethyl adjacent to an activating group) is 3. The van der Waals surface area contributed by atoms with Crippen molar-refractivity contribution in [2.45, 2.75) is 123 Å². The Morgan fingerprint density at radius 3 is 2.15 bits per heavy atom. The fourth-order valence-corrected chi connectivity index (χ4v) is 9.64. The summed E-state index contributed by atoms with van der Waals surface area (Å²) in [5.74, 6) is -1.95. The van der Waals surface area contributed by atoms with Gasteiger partial charge in [-0.25, -0.2) is 4.98 Å². The molecule has 1 aliphatic rings. The number of rotatable bonds is 24. The topological polar surface area (TPSA) is 180 Å². The van der Waals surface area contributed by atoms with Gasteiger partial charge >= 0.3 is 0 Å². The van der Waals surface area contributed by atoms with Crippen molar-refractivity contribution in [3.05, 3.63) is 52.0 Å². The lowest BCUT2D eigenvalue weighted by Gasteiger charge is -2.41. The van der Waals surface area contributed by atoms with E-state index in [0.717, 1.165) is 18.4 Å². The summed E-state index contributed by atoms with van der Waals surface area (Å²) in [6.07, 6.45) is 1.30. The molecule has 1 aliphatic heterocycles. The number of benzene rings is 1. The van der Waals surface area contributed by atoms with E-state index >= 15 is 0 Å². The zero-order valence-electron chi connectivity index (χ0n) is 39.6. The largest absolute Gasteiger partial charge is 0.379 e. The van der Waals surface area contributed by atoms with Gasteiger partial charge in [-0.05, 0) is 56.7 Å². The van der Waals surface area contributed by atoms with Crippen molar-refractivity contribution >= 4 is 40.9 Å². The molecule has 1 saturated heterocycles. The van der Waals surface area contributed by atoms with Gasteiger partial charge in [-0.2, -0.15) is 0 Å². The molecule has 1 aromatic heterocycles. The molecule has 0 unspecified atom stereocenters. The summed E-state index contributed by atoms with van der Waals surface area (Å²) < 4.78 is 12.1. The summed E-state index contributed by atoms with van der Waals surface area (Å²) in [7, 11) is 10.3. The van der Waals surface area contributed by atoms with E-state index in [1.54, 1.807) is 38.6 Å². The highest BCUT2D eigenvalue weighted by Gasteiger charge is 2.43. The second-order valence-corrected chi connectivity index (χ2v) is 18.7. The summed E-state index contributed by atoms with van der Waals surface area (Å²) in [4.78, 5) is 81.1. The maximum atomic E-state index is 14.4. The summed E-state index contributed by atoms with van der Waals surface area (Å²) in [5.41, 5.74) is 6.97. The lowest BCUT2D eigenvalue weighted by molar-refractivity contribution is -0.148. The summed E-state index contributed by atoms with van der Waals surface area (Å²) in [5, 5.41) is 8.57. The second-order valence-electron chi connectivity index (χ2n) is 17.8. The number of hydrogen-bond acceptors (Lipinski definition) is 11. The van der Waals surface area contributed by atoms with Crippen LogP contribution in [0, 0.1) is 23.7 Å². The van der Waals surface area contributed by atoms with E-state index in [4.69, 9.17) is 15.2 Å². The fraction of sp³-hybridized carbons (Fsp3) is 0.696. The van der Waals surface area contributed by atoms with Gasteiger partial charge in [0.1, 0.15) is 16.7 Å². The number of methoxy groups -OCH3 is 2. The molecule has 62 heavy (non-hydrogen) atoms. The van der Waals surface area contributed by atoms with E-state index in [1.165, 1.54) is 16.2 Å². The molecule has 0 saturated carbocycles. The Balaban J connectivity index is 1.83. The van der Waals surface area contributed by atoms with Gasteiger partial charge in [-0.3, -0.25) is 28.9 Å². The van der Waals surface area contributed by atoms with Crippen molar-refractivity contribution in [3.8, 4) is 0 Å². The number of amides is 5. The van der Waals surface area contributed by atoms with Crippen molar-refractivity contribution < 1.29 is 33.4 Å². The van der Waals surface area contributed by atoms with E-state index in [0.29, 0.717) is 43.2 Å². The number of hydrogen-bond donors (Lipinski definition) is 3. The van der Waals surface area contributed by atoms with E-state index in [9.17, 15) is 24.0 Å². The predicted molar refractivity (Wildman–Crippen MR) is 244 cm³/mol. The first-order valence-corrected chi connectivity index (χ1v) is 23.0. The minimum atomic E-state index is -0.776. The highest BCUT2D eigenvalue weighted by Crippen LogP contribution is 2.31. The van der Waals surface area contributed by atoms with Gasteiger partial charge in [0.2, 0.25) is 23.6 Å². The van der Waals surface area contributed by atoms with Gasteiger partial charge in [0, 0.05) is 53.3 Å². The Morgan fingerprint density at radius 2 is 1.60 bits per heavy atom. The van der Waals surface area contributed by atoms with Crippen LogP contribution in [0.2, 0.25) is 0 Å². The molecular formula is C46H76N8O7S. The van der Waals surface area contributed by atoms with Gasteiger partial charge in [0.05, 0.1) is 48.7 Å². The number of aromatic nitrogens is 1. The molecule has 1 aromatic carbocycles. The minimum Gasteiger partial charge on any atom is -0.379 e. The van der Waals surface area contributed by atoms with Crippen LogP contribution in [0.5, 0.6) is 0 Å². The Bertz CT molecular complexity index is 1730. The van der Waals surface area contributed by atoms with Crippen LogP contribution in [-0.4, -0.2) is 153 Å². The molecule has 2 aromatic rings. The fourth-order valence-electron chi connectivity index (χ4n) is 8.80. The molecule has 5 amide bonds. The third-order valence-electron chi connectivity index (χ3n) is 12.4. The summed E-state index contributed by atoms with van der Waals surface area (Å²) in [6, 6.07) is 7.22. The van der Waals surface area contributed by atoms with Crippen molar-refractivity contribution in [2.75, 3.05) is 62.0 Å². The third kappa shape index (κ3) is 13.5. The Labute approximate surface area is 374 Å². The van der Waals surface area contributed by atoms with Crippen LogP contribution < -0.4 is 16.4 Å². The Morgan fingerprint density at radius 1 is 0.935 bits per heavy atom. The molecule has 348 valence electrons. The van der Waals surface area contributed by atoms with Crippen molar-refractivity contribution in [1.29, 1.82) is 0 Å². The first-order chi connectivity index (χ1) is 29.3. The molecule has 15 nitrogen and oxygen atoms in total. The second kappa shape index (κ2) is 24.8. The summed E-state index contributed by atoms with van der Waals surface area (Å²) in [6.45, 7) is 14.9. The number of likely N-dealkylation sites (tertiary alicyclic amines) is 1. The van der Waals surface area contributed by atoms with Gasteiger partial charge in [-0.1, -0.05) is 85.2 Å². The summed E-state index contributed by atoms with van der Waals surface area (Å²) >= 11 is 1.32. The van der Waals surface area contributed by atoms with Crippen molar-refractivity contribution in [2.24, 2.45) is 29.4 Å². The average molecular weight is 885 g/mol. The van der Waals surface area contributed by atoms with E-state index in [1.807, 2.05) is 103 Å². The first kappa shape index (κ1) is 52.4. The molecule has 3 rings (SSSR count). The van der Waals surface area contributed by atoms with Crippen LogP contribution in [-0.2, 0) is 35.1 Å². The SMILES string of the molecule is CC[C@H](C)[C@@H]([C@@H](CC(=O)N1CCC[C@H]1[C@H](OC)[C@@H](C)C(=O)N[C@@H](Cc1ccccc1)c1nc(C(=O)N(C)CCN)cs1)OC)N(C)C(=O)[C@@H](NC(=O)[C@H](C(C)C)N(C)C)C(C)C. The standard InChI is InChI=1S/C46H76N8O7S/c1-14-30(6)40(53(11)46(59)38(28(2)3)50-43(57)39(29(4)5)51(8)9)36(60-12)26-37(55)54-23-18-21-35(54)41(61-13)31(7)42(56)48-33(25-32-19-16-15-17-20-32)44-49-34(27-62-44)45(58)52(10)24-22-47/h15-17,19-20,27-31,33,35-36,38-41H,14,18,21-26,47H2,1-13H3,(H,48,56)(H,50,57)/t30-,31+,33-,35-,36+,38-,39-,40-,41+/m0/s1. The van der Waals surface area contributed by atoms with Crippen LogP contribution in [0.25, 0.3) is 0 Å². The van der Waals surface area contributed by atoms with Crippen molar-refractivity contribution in [1.82, 2.24) is 35.2 Å². The quantitative estimate of drug-likeness (QED) is 0.138. The maximum absolute atomic E-state index is 14.4. The smallest absolute Gasteiger partial charge is 0.273 e. The molecule has 4 N–H and O–H groups in total.